The normalized spacial score (nSPS) is 16.9. The molecule has 1 aliphatic heterocycles. The Morgan fingerprint density at radius 2 is 1.24 bits per heavy atom. The van der Waals surface area contributed by atoms with Crippen LogP contribution in [-0.4, -0.2) is 28.2 Å². The lowest BCUT2D eigenvalue weighted by atomic mass is 9.95. The molecule has 1 N–H and O–H groups in total. The molecule has 1 unspecified atom stereocenters. The molecule has 0 aromatic heterocycles. The van der Waals surface area contributed by atoms with Crippen molar-refractivity contribution in [2.24, 2.45) is 0 Å². The van der Waals surface area contributed by atoms with Crippen LogP contribution >= 0.6 is 15.9 Å². The van der Waals surface area contributed by atoms with Crippen LogP contribution in [0.5, 0.6) is 0 Å². The molecule has 3 rings (SSSR count). The van der Waals surface area contributed by atoms with Gasteiger partial charge in [0.25, 0.3) is 11.7 Å². The number of aliphatic hydroxyl groups excluding tert-OH is 1. The van der Waals surface area contributed by atoms with Crippen molar-refractivity contribution in [3.8, 4) is 0 Å². The Morgan fingerprint density at radius 3 is 1.76 bits per heavy atom. The van der Waals surface area contributed by atoms with Crippen molar-refractivity contribution < 1.29 is 14.7 Å². The molecule has 0 radical (unpaired) electrons. The van der Waals surface area contributed by atoms with Gasteiger partial charge in [-0.1, -0.05) is 149 Å². The number of rotatable bonds is 17. The molecule has 1 fully saturated rings. The second-order valence-corrected chi connectivity index (χ2v) is 11.4. The maximum atomic E-state index is 13.1. The monoisotopic (exact) mass is 581 g/mol. The SMILES string of the molecule is CCCCCCCCCCCCCCCCN1C(=O)C(=O)C(=C(O)c2ccccc2)C1c1ccc(Br)cc1. The zero-order valence-electron chi connectivity index (χ0n) is 23.0. The minimum atomic E-state index is -0.607. The van der Waals surface area contributed by atoms with E-state index in [1.54, 1.807) is 17.0 Å². The molecule has 0 spiro atoms. The summed E-state index contributed by atoms with van der Waals surface area (Å²) in [6.07, 6.45) is 17.8. The fraction of sp³-hybridized carbons (Fsp3) is 0.515. The van der Waals surface area contributed by atoms with Crippen molar-refractivity contribution in [1.29, 1.82) is 0 Å². The highest BCUT2D eigenvalue weighted by Gasteiger charge is 2.45. The lowest BCUT2D eigenvalue weighted by molar-refractivity contribution is -0.139. The second kappa shape index (κ2) is 16.5. The van der Waals surface area contributed by atoms with Crippen LogP contribution < -0.4 is 0 Å². The lowest BCUT2D eigenvalue weighted by Crippen LogP contribution is -2.30. The van der Waals surface area contributed by atoms with Crippen LogP contribution in [-0.2, 0) is 9.59 Å². The van der Waals surface area contributed by atoms with Crippen molar-refractivity contribution in [3.63, 3.8) is 0 Å². The molecule has 1 amide bonds. The zero-order chi connectivity index (χ0) is 27.2. The van der Waals surface area contributed by atoms with E-state index in [1.165, 1.54) is 70.6 Å². The molecule has 0 saturated carbocycles. The second-order valence-electron chi connectivity index (χ2n) is 10.5. The Morgan fingerprint density at radius 1 is 0.737 bits per heavy atom. The van der Waals surface area contributed by atoms with E-state index in [9.17, 15) is 14.7 Å². The summed E-state index contributed by atoms with van der Waals surface area (Å²) in [6.45, 7) is 2.77. The minimum absolute atomic E-state index is 0.111. The fourth-order valence-corrected chi connectivity index (χ4v) is 5.59. The summed E-state index contributed by atoms with van der Waals surface area (Å²) in [7, 11) is 0. The third-order valence-electron chi connectivity index (χ3n) is 7.53. The van der Waals surface area contributed by atoms with Crippen LogP contribution in [0.1, 0.15) is 114 Å². The number of amides is 1. The molecule has 5 heteroatoms. The summed E-state index contributed by atoms with van der Waals surface area (Å²) in [5, 5.41) is 11.1. The third-order valence-corrected chi connectivity index (χ3v) is 8.05. The minimum Gasteiger partial charge on any atom is -0.507 e. The number of aliphatic hydroxyl groups is 1. The first-order valence-corrected chi connectivity index (χ1v) is 15.4. The van der Waals surface area contributed by atoms with Crippen molar-refractivity contribution in [2.75, 3.05) is 6.54 Å². The quantitative estimate of drug-likeness (QED) is 0.0875. The lowest BCUT2D eigenvalue weighted by Gasteiger charge is -2.25. The number of nitrogens with zero attached hydrogens (tertiary/aromatic N) is 1. The topological polar surface area (TPSA) is 57.6 Å². The molecule has 1 atom stereocenters. The summed E-state index contributed by atoms with van der Waals surface area (Å²) < 4.78 is 0.924. The first kappa shape index (κ1) is 30.1. The number of benzene rings is 2. The predicted molar refractivity (Wildman–Crippen MR) is 160 cm³/mol. The Kier molecular flexibility index (Phi) is 13.1. The number of Topliss-reactive ketones (excluding diaryl/α,β-unsaturated/α-hetero) is 1. The molecule has 4 nitrogen and oxygen atoms in total. The highest BCUT2D eigenvalue weighted by Crippen LogP contribution is 2.39. The van der Waals surface area contributed by atoms with Crippen LogP contribution in [0, 0.1) is 0 Å². The molecular formula is C33H44BrNO3. The smallest absolute Gasteiger partial charge is 0.295 e. The van der Waals surface area contributed by atoms with Gasteiger partial charge in [-0.2, -0.15) is 0 Å². The van der Waals surface area contributed by atoms with Gasteiger partial charge in [0, 0.05) is 16.6 Å². The van der Waals surface area contributed by atoms with Gasteiger partial charge in [0.05, 0.1) is 11.6 Å². The molecule has 2 aromatic carbocycles. The largest absolute Gasteiger partial charge is 0.507 e. The standard InChI is InChI=1S/C33H44BrNO3/c1-2-3-4-5-6-7-8-9-10-11-12-13-14-18-25-35-30(26-21-23-28(34)24-22-26)29(32(37)33(35)38)31(36)27-19-16-15-17-20-27/h15-17,19-24,30,36H,2-14,18,25H2,1H3. The van der Waals surface area contributed by atoms with Gasteiger partial charge in [-0.05, 0) is 24.1 Å². The van der Waals surface area contributed by atoms with Gasteiger partial charge in [-0.3, -0.25) is 9.59 Å². The van der Waals surface area contributed by atoms with E-state index in [0.29, 0.717) is 12.1 Å². The van der Waals surface area contributed by atoms with E-state index in [-0.39, 0.29) is 11.3 Å². The van der Waals surface area contributed by atoms with E-state index in [1.807, 2.05) is 42.5 Å². The Labute approximate surface area is 237 Å². The Hall–Kier alpha value is -2.40. The molecule has 0 bridgehead atoms. The van der Waals surface area contributed by atoms with Gasteiger partial charge >= 0.3 is 0 Å². The number of halogens is 1. The highest BCUT2D eigenvalue weighted by molar-refractivity contribution is 9.10. The summed E-state index contributed by atoms with van der Waals surface area (Å²) in [6, 6.07) is 16.1. The van der Waals surface area contributed by atoms with Crippen LogP contribution in [0.15, 0.2) is 64.6 Å². The predicted octanol–water partition coefficient (Wildman–Crippen LogP) is 9.35. The van der Waals surface area contributed by atoms with E-state index in [4.69, 9.17) is 0 Å². The fourth-order valence-electron chi connectivity index (χ4n) is 5.33. The van der Waals surface area contributed by atoms with Crippen molar-refractivity contribution in [3.05, 3.63) is 75.8 Å². The summed E-state index contributed by atoms with van der Waals surface area (Å²) in [5.41, 5.74) is 1.55. The number of hydrogen-bond donors (Lipinski definition) is 1. The molecule has 206 valence electrons. The third kappa shape index (κ3) is 8.83. The van der Waals surface area contributed by atoms with Gasteiger partial charge in [0.15, 0.2) is 0 Å². The number of carbonyl (C=O) groups excluding carboxylic acids is 2. The van der Waals surface area contributed by atoms with Crippen LogP contribution in [0.2, 0.25) is 0 Å². The van der Waals surface area contributed by atoms with Gasteiger partial charge in [-0.15, -0.1) is 0 Å². The average molecular weight is 583 g/mol. The number of hydrogen-bond acceptors (Lipinski definition) is 3. The number of ketones is 1. The van der Waals surface area contributed by atoms with Gasteiger partial charge < -0.3 is 10.0 Å². The van der Waals surface area contributed by atoms with Crippen molar-refractivity contribution >= 4 is 33.4 Å². The molecule has 2 aromatic rings. The van der Waals surface area contributed by atoms with E-state index < -0.39 is 17.7 Å². The Bertz CT molecular complexity index is 1030. The van der Waals surface area contributed by atoms with Crippen molar-refractivity contribution in [2.45, 2.75) is 103 Å². The van der Waals surface area contributed by atoms with Gasteiger partial charge in [0.2, 0.25) is 0 Å². The summed E-state index contributed by atoms with van der Waals surface area (Å²) in [4.78, 5) is 27.9. The summed E-state index contributed by atoms with van der Waals surface area (Å²) in [5.74, 6) is -1.24. The Balaban J connectivity index is 1.50. The average Bonchev–Trinajstić information content (AvgIpc) is 3.18. The number of likely N-dealkylation sites (tertiary alicyclic amines) is 1. The van der Waals surface area contributed by atoms with Gasteiger partial charge in [0.1, 0.15) is 5.76 Å². The molecule has 38 heavy (non-hydrogen) atoms. The van der Waals surface area contributed by atoms with Crippen LogP contribution in [0.25, 0.3) is 5.76 Å². The van der Waals surface area contributed by atoms with E-state index >= 15 is 0 Å². The van der Waals surface area contributed by atoms with Crippen molar-refractivity contribution in [1.82, 2.24) is 4.90 Å². The summed E-state index contributed by atoms with van der Waals surface area (Å²) >= 11 is 3.47. The van der Waals surface area contributed by atoms with E-state index in [0.717, 1.165) is 29.3 Å². The molecule has 1 saturated heterocycles. The molecule has 1 aliphatic rings. The first-order valence-electron chi connectivity index (χ1n) is 14.6. The molecule has 1 heterocycles. The molecule has 0 aliphatic carbocycles. The number of unbranched alkanes of at least 4 members (excludes halogenated alkanes) is 13. The highest BCUT2D eigenvalue weighted by atomic mass is 79.9. The van der Waals surface area contributed by atoms with Crippen LogP contribution in [0.4, 0.5) is 0 Å². The van der Waals surface area contributed by atoms with Gasteiger partial charge in [-0.25, -0.2) is 0 Å². The maximum absolute atomic E-state index is 13.1. The first-order chi connectivity index (χ1) is 18.5. The van der Waals surface area contributed by atoms with Crippen LogP contribution in [0.3, 0.4) is 0 Å². The van der Waals surface area contributed by atoms with E-state index in [2.05, 4.69) is 22.9 Å². The number of carbonyl (C=O) groups is 2. The molecular weight excluding hydrogens is 538 g/mol. The maximum Gasteiger partial charge on any atom is 0.295 e. The zero-order valence-corrected chi connectivity index (χ0v) is 24.6.